The molecule has 3 rings (SSSR count). The number of thioether (sulfide) groups is 1. The molecule has 2 aliphatic heterocycles. The maximum Gasteiger partial charge on any atom is 0.245 e. The van der Waals surface area contributed by atoms with Crippen LogP contribution in [0.3, 0.4) is 0 Å². The van der Waals surface area contributed by atoms with Gasteiger partial charge in [0.1, 0.15) is 42.3 Å². The van der Waals surface area contributed by atoms with Gasteiger partial charge in [-0.25, -0.2) is 0 Å². The minimum Gasteiger partial charge on any atom is -0.370 e. The highest BCUT2D eigenvalue weighted by molar-refractivity contribution is 7.99. The third-order valence-corrected chi connectivity index (χ3v) is 13.4. The van der Waals surface area contributed by atoms with E-state index in [-0.39, 0.29) is 56.1 Å². The molecule has 2 fully saturated rings. The lowest BCUT2D eigenvalue weighted by molar-refractivity contribution is -0.143. The van der Waals surface area contributed by atoms with E-state index in [0.29, 0.717) is 19.3 Å². The number of carbonyl (C=O) groups is 11. The summed E-state index contributed by atoms with van der Waals surface area (Å²) in [5.74, 6) is -9.08. The van der Waals surface area contributed by atoms with Crippen molar-refractivity contribution in [2.45, 2.75) is 148 Å². The molecule has 1 aromatic rings. The Labute approximate surface area is 407 Å². The zero-order valence-corrected chi connectivity index (χ0v) is 41.0. The van der Waals surface area contributed by atoms with E-state index in [1.807, 2.05) is 38.1 Å². The molecule has 0 saturated carbocycles. The number of carbonyl (C=O) groups excluding carboxylic acids is 11. The Kier molecular flexibility index (Phi) is 23.4. The van der Waals surface area contributed by atoms with Gasteiger partial charge >= 0.3 is 0 Å². The SMILES string of the molecule is CCc1ccc(C[C@@H]2NC(=O)CCSCC[C@@H](C(=O)N3CCC[C@H]3C(=O)N[C@H](C(=O)NCC(N)=O)[C@H](C)CC)NC(=O)[C@H](CC(N)=O)NC(=O)[C@@H](CCC(N)=O)NC(=O)[C@H]([C@@H](C)CC)NC2=O)cc1. The molecular formula is C46H71N11O11S. The minimum absolute atomic E-state index is 0.0585. The number of nitrogens with two attached hydrogens (primary N) is 3. The van der Waals surface area contributed by atoms with Crippen molar-refractivity contribution < 1.29 is 52.7 Å². The van der Waals surface area contributed by atoms with Gasteiger partial charge in [-0.2, -0.15) is 11.8 Å². The van der Waals surface area contributed by atoms with Crippen molar-refractivity contribution in [1.29, 1.82) is 0 Å². The number of benzene rings is 1. The first-order chi connectivity index (χ1) is 32.7. The van der Waals surface area contributed by atoms with E-state index in [2.05, 4.69) is 37.2 Å². The van der Waals surface area contributed by atoms with Gasteiger partial charge in [-0.05, 0) is 60.8 Å². The van der Waals surface area contributed by atoms with Gasteiger partial charge in [0, 0.05) is 31.6 Å². The van der Waals surface area contributed by atoms with Crippen LogP contribution < -0.4 is 54.4 Å². The summed E-state index contributed by atoms with van der Waals surface area (Å²) in [6.45, 7) is 8.67. The minimum atomic E-state index is -1.70. The van der Waals surface area contributed by atoms with E-state index < -0.39 is 133 Å². The van der Waals surface area contributed by atoms with Crippen molar-refractivity contribution >= 4 is 76.7 Å². The largest absolute Gasteiger partial charge is 0.370 e. The molecule has 23 heteroatoms. The number of primary amides is 3. The number of nitrogens with zero attached hydrogens (tertiary/aromatic N) is 1. The second-order valence-electron chi connectivity index (χ2n) is 17.6. The van der Waals surface area contributed by atoms with E-state index >= 15 is 0 Å². The summed E-state index contributed by atoms with van der Waals surface area (Å²) in [4.78, 5) is 148. The number of hydrogen-bond donors (Lipinski definition) is 10. The summed E-state index contributed by atoms with van der Waals surface area (Å²) < 4.78 is 0. The zero-order chi connectivity index (χ0) is 51.4. The van der Waals surface area contributed by atoms with Crippen LogP contribution in [0.5, 0.6) is 0 Å². The Balaban J connectivity index is 2.03. The predicted octanol–water partition coefficient (Wildman–Crippen LogP) is -1.95. The maximum atomic E-state index is 14.5. The molecule has 0 aliphatic carbocycles. The number of nitrogens with one attached hydrogen (secondary N) is 7. The van der Waals surface area contributed by atoms with Crippen LogP contribution in [-0.4, -0.2) is 137 Å². The standard InChI is InChI=1S/C46H71N11O11S/c1-6-25(4)38(44(66)50-24-36(49)60)56-43(65)33-10-9-19-57(33)46(68)30-17-20-69-21-18-37(61)51-31(22-28-13-11-27(8-3)12-14-28)42(64)55-39(26(5)7-2)45(67)52-29(15-16-34(47)58)40(62)54-32(23-35(48)59)41(63)53-30/h11-14,25-26,29-33,38-39H,6-10,15-24H2,1-5H3,(H2,47,58)(H2,48,59)(H2,49,60)(H,50,66)(H,51,61)(H,52,67)(H,53,63)(H,54,62)(H,55,64)(H,56,65)/t25-,26+,29-,30+,31+,32+,33+,38+,39+/m1/s1. The second kappa shape index (κ2) is 28.3. The van der Waals surface area contributed by atoms with E-state index in [1.54, 1.807) is 20.8 Å². The fraction of sp³-hybridized carbons (Fsp3) is 0.630. The summed E-state index contributed by atoms with van der Waals surface area (Å²) in [5, 5.41) is 18.3. The van der Waals surface area contributed by atoms with Gasteiger partial charge in [0.25, 0.3) is 0 Å². The molecule has 0 unspecified atom stereocenters. The number of amides is 11. The molecular weight excluding hydrogens is 915 g/mol. The fourth-order valence-corrected chi connectivity index (χ4v) is 8.75. The molecule has 0 radical (unpaired) electrons. The van der Waals surface area contributed by atoms with Gasteiger partial charge in [0.2, 0.25) is 65.0 Å². The first-order valence-electron chi connectivity index (χ1n) is 23.6. The van der Waals surface area contributed by atoms with E-state index in [4.69, 9.17) is 17.2 Å². The molecule has 11 amide bonds. The van der Waals surface area contributed by atoms with Crippen LogP contribution >= 0.6 is 11.8 Å². The van der Waals surface area contributed by atoms with Gasteiger partial charge in [-0.1, -0.05) is 71.7 Å². The molecule has 9 atom stereocenters. The first-order valence-corrected chi connectivity index (χ1v) is 24.7. The van der Waals surface area contributed by atoms with Crippen molar-refractivity contribution in [2.24, 2.45) is 29.0 Å². The zero-order valence-electron chi connectivity index (χ0n) is 40.2. The molecule has 1 aromatic carbocycles. The molecule has 69 heavy (non-hydrogen) atoms. The average molecular weight is 986 g/mol. The van der Waals surface area contributed by atoms with Gasteiger partial charge in [0.05, 0.1) is 13.0 Å². The Hall–Kier alpha value is -6.26. The van der Waals surface area contributed by atoms with Crippen molar-refractivity contribution in [3.63, 3.8) is 0 Å². The number of aryl methyl sites for hydroxylation is 1. The normalized spacial score (nSPS) is 23.6. The molecule has 22 nitrogen and oxygen atoms in total. The van der Waals surface area contributed by atoms with Crippen molar-refractivity contribution in [3.05, 3.63) is 35.4 Å². The van der Waals surface area contributed by atoms with Crippen LogP contribution in [0.2, 0.25) is 0 Å². The lowest BCUT2D eigenvalue weighted by atomic mass is 9.96. The van der Waals surface area contributed by atoms with Crippen LogP contribution in [-0.2, 0) is 65.6 Å². The van der Waals surface area contributed by atoms with Gasteiger partial charge in [-0.15, -0.1) is 0 Å². The average Bonchev–Trinajstić information content (AvgIpc) is 3.81. The second-order valence-corrected chi connectivity index (χ2v) is 18.8. The fourth-order valence-electron chi connectivity index (χ4n) is 7.81. The third-order valence-electron chi connectivity index (χ3n) is 12.4. The van der Waals surface area contributed by atoms with E-state index in [0.717, 1.165) is 17.5 Å². The van der Waals surface area contributed by atoms with Gasteiger partial charge in [0.15, 0.2) is 0 Å². The predicted molar refractivity (Wildman–Crippen MR) is 256 cm³/mol. The Morgan fingerprint density at radius 1 is 0.739 bits per heavy atom. The molecule has 13 N–H and O–H groups in total. The summed E-state index contributed by atoms with van der Waals surface area (Å²) >= 11 is 1.27. The summed E-state index contributed by atoms with van der Waals surface area (Å²) in [6.07, 6.45) is 0.692. The highest BCUT2D eigenvalue weighted by Crippen LogP contribution is 2.22. The van der Waals surface area contributed by atoms with E-state index in [9.17, 15) is 52.7 Å². The van der Waals surface area contributed by atoms with Crippen LogP contribution in [0.15, 0.2) is 24.3 Å². The van der Waals surface area contributed by atoms with Crippen molar-refractivity contribution in [3.8, 4) is 0 Å². The highest BCUT2D eigenvalue weighted by Gasteiger charge is 2.41. The smallest absolute Gasteiger partial charge is 0.245 e. The third kappa shape index (κ3) is 18.3. The molecule has 2 saturated heterocycles. The molecule has 0 spiro atoms. The van der Waals surface area contributed by atoms with Crippen LogP contribution in [0.1, 0.15) is 104 Å². The molecule has 0 bridgehead atoms. The maximum absolute atomic E-state index is 14.5. The molecule has 0 aromatic heterocycles. The monoisotopic (exact) mass is 986 g/mol. The quantitative estimate of drug-likeness (QED) is 0.0768. The summed E-state index contributed by atoms with van der Waals surface area (Å²) in [5.41, 5.74) is 18.0. The number of hydrogen-bond acceptors (Lipinski definition) is 12. The highest BCUT2D eigenvalue weighted by atomic mass is 32.2. The van der Waals surface area contributed by atoms with E-state index in [1.165, 1.54) is 16.7 Å². The lowest BCUT2D eigenvalue weighted by Gasteiger charge is -2.31. The summed E-state index contributed by atoms with van der Waals surface area (Å²) in [7, 11) is 0. The van der Waals surface area contributed by atoms with Crippen molar-refractivity contribution in [2.75, 3.05) is 24.6 Å². The molecule has 2 aliphatic rings. The first kappa shape index (κ1) is 57.1. The number of likely N-dealkylation sites (tertiary alicyclic amines) is 1. The van der Waals surface area contributed by atoms with Crippen molar-refractivity contribution in [1.82, 2.24) is 42.1 Å². The topological polar surface area (TPSA) is 353 Å². The van der Waals surface area contributed by atoms with Crippen LogP contribution in [0.25, 0.3) is 0 Å². The van der Waals surface area contributed by atoms with Gasteiger partial charge in [-0.3, -0.25) is 52.7 Å². The molecule has 382 valence electrons. The van der Waals surface area contributed by atoms with Gasteiger partial charge < -0.3 is 59.3 Å². The molecule has 2 heterocycles. The van der Waals surface area contributed by atoms with Crippen LogP contribution in [0, 0.1) is 11.8 Å². The summed E-state index contributed by atoms with van der Waals surface area (Å²) in [6, 6.07) is -1.60. The Morgan fingerprint density at radius 3 is 1.99 bits per heavy atom. The van der Waals surface area contributed by atoms with Crippen LogP contribution in [0.4, 0.5) is 0 Å². The lowest BCUT2D eigenvalue weighted by Crippen LogP contribution is -2.61. The number of rotatable bonds is 18. The Bertz CT molecular complexity index is 2020. The Morgan fingerprint density at radius 2 is 1.38 bits per heavy atom.